The van der Waals surface area contributed by atoms with Crippen LogP contribution in [0.25, 0.3) is 0 Å². The predicted molar refractivity (Wildman–Crippen MR) is 99.5 cm³/mol. The van der Waals surface area contributed by atoms with E-state index in [0.717, 1.165) is 30.5 Å². The summed E-state index contributed by atoms with van der Waals surface area (Å²) in [5.74, 6) is -1.94. The quantitative estimate of drug-likeness (QED) is 0.698. The lowest BCUT2D eigenvalue weighted by atomic mass is 10.2. The van der Waals surface area contributed by atoms with E-state index in [1.165, 1.54) is 25.1 Å². The van der Waals surface area contributed by atoms with Gasteiger partial charge in [0.05, 0.1) is 21.0 Å². The van der Waals surface area contributed by atoms with Crippen molar-refractivity contribution in [2.24, 2.45) is 0 Å². The number of benzene rings is 2. The molecule has 0 aliphatic rings. The van der Waals surface area contributed by atoms with Gasteiger partial charge in [-0.1, -0.05) is 17.7 Å². The summed E-state index contributed by atoms with van der Waals surface area (Å²) in [7, 11) is -3.61. The molecule has 0 aromatic heterocycles. The number of sulfone groups is 1. The summed E-state index contributed by atoms with van der Waals surface area (Å²) in [6.45, 7) is 1.20. The number of halogens is 4. The third kappa shape index (κ3) is 5.94. The first-order valence-electron chi connectivity index (χ1n) is 7.98. The van der Waals surface area contributed by atoms with Crippen molar-refractivity contribution in [2.75, 3.05) is 11.6 Å². The Kier molecular flexibility index (Phi) is 6.59. The number of anilines is 1. The fourth-order valence-electron chi connectivity index (χ4n) is 2.19. The zero-order chi connectivity index (χ0) is 22.0. The van der Waals surface area contributed by atoms with E-state index in [1.54, 1.807) is 0 Å². The summed E-state index contributed by atoms with van der Waals surface area (Å²) in [4.78, 5) is 24.2. The molecule has 0 saturated carbocycles. The lowest BCUT2D eigenvalue weighted by Crippen LogP contribution is -2.30. The molecule has 0 bridgehead atoms. The van der Waals surface area contributed by atoms with Crippen LogP contribution in [0, 0.1) is 0 Å². The third-order valence-corrected chi connectivity index (χ3v) is 5.14. The van der Waals surface area contributed by atoms with Gasteiger partial charge < -0.3 is 10.1 Å². The smallest absolute Gasteiger partial charge is 0.416 e. The first-order valence-corrected chi connectivity index (χ1v) is 10.2. The van der Waals surface area contributed by atoms with Gasteiger partial charge in [-0.15, -0.1) is 0 Å². The zero-order valence-corrected chi connectivity index (χ0v) is 16.7. The van der Waals surface area contributed by atoms with E-state index in [0.29, 0.717) is 0 Å². The molecule has 1 N–H and O–H groups in total. The highest BCUT2D eigenvalue weighted by Crippen LogP contribution is 2.30. The summed E-state index contributed by atoms with van der Waals surface area (Å²) < 4.78 is 66.4. The second kappa shape index (κ2) is 8.42. The van der Waals surface area contributed by atoms with Crippen LogP contribution < -0.4 is 5.32 Å². The predicted octanol–water partition coefficient (Wildman–Crippen LogP) is 3.95. The van der Waals surface area contributed by atoms with Gasteiger partial charge >= 0.3 is 12.1 Å². The molecule has 2 rings (SSSR count). The fourth-order valence-corrected chi connectivity index (χ4v) is 3.03. The van der Waals surface area contributed by atoms with Crippen LogP contribution in [-0.2, 0) is 25.5 Å². The summed E-state index contributed by atoms with van der Waals surface area (Å²) in [6, 6.07) is 7.35. The van der Waals surface area contributed by atoms with E-state index in [1.807, 2.05) is 0 Å². The number of carbonyl (C=O) groups excluding carboxylic acids is 2. The van der Waals surface area contributed by atoms with E-state index >= 15 is 0 Å². The van der Waals surface area contributed by atoms with Crippen LogP contribution in [0.2, 0.25) is 5.02 Å². The van der Waals surface area contributed by atoms with Crippen LogP contribution in [0.15, 0.2) is 47.4 Å². The van der Waals surface area contributed by atoms with Gasteiger partial charge in [-0.3, -0.25) is 4.79 Å². The number of rotatable bonds is 5. The van der Waals surface area contributed by atoms with Crippen molar-refractivity contribution in [3.05, 3.63) is 58.6 Å². The minimum absolute atomic E-state index is 0.0899. The molecule has 0 radical (unpaired) electrons. The minimum Gasteiger partial charge on any atom is -0.449 e. The molecule has 1 unspecified atom stereocenters. The van der Waals surface area contributed by atoms with Crippen LogP contribution in [0.5, 0.6) is 0 Å². The lowest BCUT2D eigenvalue weighted by Gasteiger charge is -2.15. The van der Waals surface area contributed by atoms with E-state index < -0.39 is 39.6 Å². The van der Waals surface area contributed by atoms with Crippen LogP contribution in [0.4, 0.5) is 18.9 Å². The number of hydrogen-bond acceptors (Lipinski definition) is 5. The minimum atomic E-state index is -4.58. The summed E-state index contributed by atoms with van der Waals surface area (Å²) in [5, 5.41) is 2.13. The second-order valence-corrected chi connectivity index (χ2v) is 8.45. The zero-order valence-electron chi connectivity index (χ0n) is 15.1. The summed E-state index contributed by atoms with van der Waals surface area (Å²) in [6.07, 6.45) is -5.04. The van der Waals surface area contributed by atoms with Crippen molar-refractivity contribution in [3.8, 4) is 0 Å². The third-order valence-electron chi connectivity index (χ3n) is 3.70. The van der Waals surface area contributed by atoms with Crippen molar-refractivity contribution in [2.45, 2.75) is 24.1 Å². The number of hydrogen-bond donors (Lipinski definition) is 1. The van der Waals surface area contributed by atoms with Crippen molar-refractivity contribution >= 4 is 39.0 Å². The first-order chi connectivity index (χ1) is 13.3. The Morgan fingerprint density at radius 2 is 1.79 bits per heavy atom. The normalized spacial score (nSPS) is 12.9. The van der Waals surface area contributed by atoms with Crippen molar-refractivity contribution < 1.29 is 35.9 Å². The van der Waals surface area contributed by atoms with Crippen molar-refractivity contribution in [1.29, 1.82) is 0 Å². The topological polar surface area (TPSA) is 89.5 Å². The molecular formula is C18H15ClF3NO5S. The van der Waals surface area contributed by atoms with Gasteiger partial charge in [0.2, 0.25) is 0 Å². The summed E-state index contributed by atoms with van der Waals surface area (Å²) >= 11 is 5.89. The average Bonchev–Trinajstić information content (AvgIpc) is 2.60. The molecule has 2 aromatic rings. The molecule has 156 valence electrons. The molecule has 0 aliphatic heterocycles. The molecule has 1 amide bonds. The largest absolute Gasteiger partial charge is 0.449 e. The van der Waals surface area contributed by atoms with E-state index in [4.69, 9.17) is 16.3 Å². The monoisotopic (exact) mass is 449 g/mol. The lowest BCUT2D eigenvalue weighted by molar-refractivity contribution is -0.137. The van der Waals surface area contributed by atoms with E-state index in [9.17, 15) is 31.2 Å². The van der Waals surface area contributed by atoms with Gasteiger partial charge in [0.25, 0.3) is 5.91 Å². The number of nitrogens with one attached hydrogen (secondary N) is 1. The van der Waals surface area contributed by atoms with Gasteiger partial charge in [-0.25, -0.2) is 13.2 Å². The Balaban J connectivity index is 2.13. The summed E-state index contributed by atoms with van der Waals surface area (Å²) in [5.41, 5.74) is -1.36. The number of esters is 1. The Morgan fingerprint density at radius 1 is 1.14 bits per heavy atom. The van der Waals surface area contributed by atoms with E-state index in [2.05, 4.69) is 5.32 Å². The molecule has 1 atom stereocenters. The van der Waals surface area contributed by atoms with Crippen molar-refractivity contribution in [1.82, 2.24) is 0 Å². The van der Waals surface area contributed by atoms with Gasteiger partial charge in [0.1, 0.15) is 0 Å². The van der Waals surface area contributed by atoms with E-state index in [-0.39, 0.29) is 21.2 Å². The fraction of sp³-hybridized carbons (Fsp3) is 0.222. The van der Waals surface area contributed by atoms with Crippen molar-refractivity contribution in [3.63, 3.8) is 0 Å². The Bertz CT molecular complexity index is 1050. The van der Waals surface area contributed by atoms with Crippen LogP contribution in [0.3, 0.4) is 0 Å². The molecular weight excluding hydrogens is 435 g/mol. The highest BCUT2D eigenvalue weighted by molar-refractivity contribution is 7.90. The first kappa shape index (κ1) is 22.7. The number of carbonyl (C=O) groups is 2. The standard InChI is InChI=1S/C18H15ClF3NO5S/c1-10(16(24)23-12-5-3-4-11(8-12)18(20,21)22)28-17(25)14-9-13(29(2,26)27)6-7-15(14)19/h3-10H,1-2H3,(H,23,24). The van der Waals surface area contributed by atoms with Gasteiger partial charge in [0, 0.05) is 11.9 Å². The molecule has 0 fully saturated rings. The molecule has 0 heterocycles. The Morgan fingerprint density at radius 3 is 2.38 bits per heavy atom. The number of amides is 1. The highest BCUT2D eigenvalue weighted by atomic mass is 35.5. The number of alkyl halides is 3. The van der Waals surface area contributed by atoms with Gasteiger partial charge in [-0.2, -0.15) is 13.2 Å². The van der Waals surface area contributed by atoms with Crippen LogP contribution in [-0.4, -0.2) is 32.7 Å². The SMILES string of the molecule is CC(OC(=O)c1cc(S(C)(=O)=O)ccc1Cl)C(=O)Nc1cccc(C(F)(F)F)c1. The Labute approximate surface area is 169 Å². The molecule has 6 nitrogen and oxygen atoms in total. The maximum Gasteiger partial charge on any atom is 0.416 e. The number of ether oxygens (including phenoxy) is 1. The second-order valence-electron chi connectivity index (χ2n) is 6.03. The van der Waals surface area contributed by atoms with Gasteiger partial charge in [0.15, 0.2) is 15.9 Å². The molecule has 0 spiro atoms. The maximum atomic E-state index is 12.7. The molecule has 2 aromatic carbocycles. The Hall–Kier alpha value is -2.59. The average molecular weight is 450 g/mol. The highest BCUT2D eigenvalue weighted by Gasteiger charge is 2.30. The molecule has 0 aliphatic carbocycles. The molecule has 0 saturated heterocycles. The van der Waals surface area contributed by atoms with Gasteiger partial charge in [-0.05, 0) is 43.3 Å². The van der Waals surface area contributed by atoms with Crippen LogP contribution in [0.1, 0.15) is 22.8 Å². The molecule has 11 heteroatoms. The maximum absolute atomic E-state index is 12.7. The molecule has 29 heavy (non-hydrogen) atoms. The van der Waals surface area contributed by atoms with Crippen LogP contribution >= 0.6 is 11.6 Å².